The standard InChI is InChI=1S/C18H24ClN3O2/c1-5-16(14-6-8-15(24-4)9-7-14)20-18(23)17-12(2)21-22(11-10-19)13(17)3/h6-9,16H,5,10-11H2,1-4H3,(H,20,23). The Morgan fingerprint density at radius 3 is 2.54 bits per heavy atom. The van der Waals surface area contributed by atoms with Crippen LogP contribution in [-0.4, -0.2) is 28.7 Å². The molecule has 2 rings (SSSR count). The van der Waals surface area contributed by atoms with Gasteiger partial charge in [-0.2, -0.15) is 5.10 Å². The second kappa shape index (κ2) is 8.20. The summed E-state index contributed by atoms with van der Waals surface area (Å²) in [4.78, 5) is 12.7. The summed E-state index contributed by atoms with van der Waals surface area (Å²) in [5.74, 6) is 1.16. The van der Waals surface area contributed by atoms with E-state index in [1.807, 2.05) is 45.0 Å². The number of benzene rings is 1. The van der Waals surface area contributed by atoms with Crippen LogP contribution in [0.3, 0.4) is 0 Å². The molecule has 24 heavy (non-hydrogen) atoms. The van der Waals surface area contributed by atoms with Crippen molar-refractivity contribution in [1.29, 1.82) is 0 Å². The molecule has 1 atom stereocenters. The van der Waals surface area contributed by atoms with Gasteiger partial charge < -0.3 is 10.1 Å². The first-order valence-electron chi connectivity index (χ1n) is 8.06. The molecule has 0 aliphatic heterocycles. The highest BCUT2D eigenvalue weighted by Crippen LogP contribution is 2.22. The molecule has 5 nitrogen and oxygen atoms in total. The van der Waals surface area contributed by atoms with Crippen LogP contribution in [0.25, 0.3) is 0 Å². The van der Waals surface area contributed by atoms with E-state index >= 15 is 0 Å². The van der Waals surface area contributed by atoms with Crippen molar-refractivity contribution in [2.75, 3.05) is 13.0 Å². The molecule has 1 amide bonds. The van der Waals surface area contributed by atoms with Crippen LogP contribution in [0.1, 0.15) is 46.7 Å². The number of carbonyl (C=O) groups is 1. The van der Waals surface area contributed by atoms with E-state index in [1.165, 1.54) is 0 Å². The number of aromatic nitrogens is 2. The van der Waals surface area contributed by atoms with E-state index in [-0.39, 0.29) is 11.9 Å². The number of halogens is 1. The first-order valence-corrected chi connectivity index (χ1v) is 8.60. The number of ether oxygens (including phenoxy) is 1. The number of hydrogen-bond donors (Lipinski definition) is 1. The van der Waals surface area contributed by atoms with Gasteiger partial charge in [-0.25, -0.2) is 0 Å². The Morgan fingerprint density at radius 2 is 2.00 bits per heavy atom. The molecule has 0 fully saturated rings. The monoisotopic (exact) mass is 349 g/mol. The van der Waals surface area contributed by atoms with Gasteiger partial charge in [0.15, 0.2) is 0 Å². The number of methoxy groups -OCH3 is 1. The molecule has 0 aliphatic rings. The molecule has 0 saturated heterocycles. The van der Waals surface area contributed by atoms with Crippen molar-refractivity contribution in [3.05, 3.63) is 46.8 Å². The summed E-state index contributed by atoms with van der Waals surface area (Å²) < 4.78 is 6.96. The van der Waals surface area contributed by atoms with Crippen molar-refractivity contribution in [3.63, 3.8) is 0 Å². The number of aryl methyl sites for hydroxylation is 2. The molecule has 1 unspecified atom stereocenters. The van der Waals surface area contributed by atoms with Crippen LogP contribution in [0.2, 0.25) is 0 Å². The fourth-order valence-corrected chi connectivity index (χ4v) is 2.97. The molecule has 130 valence electrons. The topological polar surface area (TPSA) is 56.2 Å². The van der Waals surface area contributed by atoms with E-state index in [1.54, 1.807) is 11.8 Å². The molecule has 1 N–H and O–H groups in total. The minimum Gasteiger partial charge on any atom is -0.497 e. The molecule has 2 aromatic rings. The average Bonchev–Trinajstić information content (AvgIpc) is 2.87. The molecular weight excluding hydrogens is 326 g/mol. The Morgan fingerprint density at radius 1 is 1.33 bits per heavy atom. The van der Waals surface area contributed by atoms with Crippen LogP contribution in [0.15, 0.2) is 24.3 Å². The quantitative estimate of drug-likeness (QED) is 0.776. The van der Waals surface area contributed by atoms with E-state index in [9.17, 15) is 4.79 Å². The lowest BCUT2D eigenvalue weighted by atomic mass is 10.0. The van der Waals surface area contributed by atoms with Crippen molar-refractivity contribution in [2.45, 2.75) is 39.8 Å². The third-order valence-electron chi connectivity index (χ3n) is 4.14. The number of alkyl halides is 1. The maximum Gasteiger partial charge on any atom is 0.255 e. The zero-order valence-corrected chi connectivity index (χ0v) is 15.4. The molecular formula is C18H24ClN3O2. The Hall–Kier alpha value is -2.01. The van der Waals surface area contributed by atoms with Crippen molar-refractivity contribution in [2.24, 2.45) is 0 Å². The lowest BCUT2D eigenvalue weighted by Gasteiger charge is -2.18. The predicted octanol–water partition coefficient (Wildman–Crippen LogP) is 3.63. The fourth-order valence-electron chi connectivity index (χ4n) is 2.81. The van der Waals surface area contributed by atoms with E-state index in [0.29, 0.717) is 18.0 Å². The molecule has 0 radical (unpaired) electrons. The Labute approximate surface area is 148 Å². The second-order valence-corrected chi connectivity index (χ2v) is 6.04. The summed E-state index contributed by atoms with van der Waals surface area (Å²) in [5.41, 5.74) is 3.25. The predicted molar refractivity (Wildman–Crippen MR) is 95.9 cm³/mol. The number of nitrogens with one attached hydrogen (secondary N) is 1. The Bertz CT molecular complexity index is 695. The number of rotatable bonds is 7. The van der Waals surface area contributed by atoms with E-state index in [0.717, 1.165) is 29.1 Å². The molecule has 0 spiro atoms. The summed E-state index contributed by atoms with van der Waals surface area (Å²) in [6.45, 7) is 6.39. The van der Waals surface area contributed by atoms with Gasteiger partial charge in [0.05, 0.1) is 31.0 Å². The second-order valence-electron chi connectivity index (χ2n) is 5.67. The van der Waals surface area contributed by atoms with Crippen molar-refractivity contribution >= 4 is 17.5 Å². The maximum atomic E-state index is 12.7. The van der Waals surface area contributed by atoms with Gasteiger partial charge in [-0.1, -0.05) is 19.1 Å². The lowest BCUT2D eigenvalue weighted by molar-refractivity contribution is 0.0934. The number of amides is 1. The lowest BCUT2D eigenvalue weighted by Crippen LogP contribution is -2.29. The average molecular weight is 350 g/mol. The normalized spacial score (nSPS) is 12.0. The third-order valence-corrected chi connectivity index (χ3v) is 4.31. The first kappa shape index (κ1) is 18.3. The van der Waals surface area contributed by atoms with Gasteiger partial charge in [0.25, 0.3) is 5.91 Å². The Kier molecular flexibility index (Phi) is 6.26. The van der Waals surface area contributed by atoms with Gasteiger partial charge in [-0.3, -0.25) is 9.48 Å². The molecule has 1 heterocycles. The summed E-state index contributed by atoms with van der Waals surface area (Å²) in [6.07, 6.45) is 0.798. The SMILES string of the molecule is CCC(NC(=O)c1c(C)nn(CCCl)c1C)c1ccc(OC)cc1. The summed E-state index contributed by atoms with van der Waals surface area (Å²) in [6, 6.07) is 7.70. The number of nitrogens with zero attached hydrogens (tertiary/aromatic N) is 2. The highest BCUT2D eigenvalue weighted by atomic mass is 35.5. The van der Waals surface area contributed by atoms with E-state index < -0.39 is 0 Å². The van der Waals surface area contributed by atoms with Gasteiger partial charge >= 0.3 is 0 Å². The van der Waals surface area contributed by atoms with Crippen LogP contribution in [0.5, 0.6) is 5.75 Å². The minimum absolute atomic E-state index is 0.0569. The smallest absolute Gasteiger partial charge is 0.255 e. The molecule has 0 saturated carbocycles. The van der Waals surface area contributed by atoms with Gasteiger partial charge in [-0.05, 0) is 38.0 Å². The Balaban J connectivity index is 2.20. The largest absolute Gasteiger partial charge is 0.497 e. The molecule has 0 bridgehead atoms. The zero-order valence-electron chi connectivity index (χ0n) is 14.6. The maximum absolute atomic E-state index is 12.7. The van der Waals surface area contributed by atoms with Gasteiger partial charge in [0.1, 0.15) is 5.75 Å². The number of hydrogen-bond acceptors (Lipinski definition) is 3. The molecule has 6 heteroatoms. The minimum atomic E-state index is -0.103. The van der Waals surface area contributed by atoms with Crippen LogP contribution >= 0.6 is 11.6 Å². The van der Waals surface area contributed by atoms with Crippen LogP contribution in [0.4, 0.5) is 0 Å². The van der Waals surface area contributed by atoms with Gasteiger partial charge in [0.2, 0.25) is 0 Å². The third kappa shape index (κ3) is 3.90. The number of carbonyl (C=O) groups excluding carboxylic acids is 1. The molecule has 1 aromatic heterocycles. The van der Waals surface area contributed by atoms with Gasteiger partial charge in [-0.15, -0.1) is 11.6 Å². The van der Waals surface area contributed by atoms with Crippen molar-refractivity contribution in [1.82, 2.24) is 15.1 Å². The van der Waals surface area contributed by atoms with Crippen LogP contribution in [-0.2, 0) is 6.54 Å². The first-order chi connectivity index (χ1) is 11.5. The summed E-state index contributed by atoms with van der Waals surface area (Å²) in [5, 5.41) is 7.51. The highest BCUT2D eigenvalue weighted by Gasteiger charge is 2.21. The van der Waals surface area contributed by atoms with Crippen LogP contribution < -0.4 is 10.1 Å². The van der Waals surface area contributed by atoms with Crippen molar-refractivity contribution < 1.29 is 9.53 Å². The van der Waals surface area contributed by atoms with Crippen molar-refractivity contribution in [3.8, 4) is 5.75 Å². The molecule has 0 aliphatic carbocycles. The van der Waals surface area contributed by atoms with Gasteiger partial charge in [0, 0.05) is 11.6 Å². The summed E-state index contributed by atoms with van der Waals surface area (Å²) >= 11 is 5.79. The fraction of sp³-hybridized carbons (Fsp3) is 0.444. The van der Waals surface area contributed by atoms with E-state index in [4.69, 9.17) is 16.3 Å². The highest BCUT2D eigenvalue weighted by molar-refractivity contribution is 6.17. The van der Waals surface area contributed by atoms with Crippen LogP contribution in [0, 0.1) is 13.8 Å². The zero-order chi connectivity index (χ0) is 17.7. The van der Waals surface area contributed by atoms with E-state index in [2.05, 4.69) is 10.4 Å². The summed E-state index contributed by atoms with van der Waals surface area (Å²) in [7, 11) is 1.64. The molecule has 1 aromatic carbocycles.